The van der Waals surface area contributed by atoms with Crippen LogP contribution in [0.3, 0.4) is 0 Å². The number of aromatic nitrogens is 2. The number of nitrogens with one attached hydrogen (secondary N) is 1. The highest BCUT2D eigenvalue weighted by Crippen LogP contribution is 2.16. The van der Waals surface area contributed by atoms with Crippen molar-refractivity contribution in [3.63, 3.8) is 0 Å². The lowest BCUT2D eigenvalue weighted by Gasteiger charge is -2.17. The Hall–Kier alpha value is -1.11. The first-order valence-electron chi connectivity index (χ1n) is 5.76. The Kier molecular flexibility index (Phi) is 6.11. The van der Waals surface area contributed by atoms with E-state index in [1.807, 2.05) is 6.92 Å². The minimum Gasteiger partial charge on any atom is -0.394 e. The van der Waals surface area contributed by atoms with E-state index >= 15 is 0 Å². The highest BCUT2D eigenvalue weighted by atomic mass is 35.5. The van der Waals surface area contributed by atoms with Gasteiger partial charge in [-0.25, -0.2) is 4.68 Å². The third kappa shape index (κ3) is 3.69. The molecule has 102 valence electrons. The van der Waals surface area contributed by atoms with Gasteiger partial charge in [0.15, 0.2) is 0 Å². The van der Waals surface area contributed by atoms with E-state index < -0.39 is 0 Å². The van der Waals surface area contributed by atoms with Crippen LogP contribution < -0.4 is 10.9 Å². The number of halogens is 1. The standard InChI is InChI=1S/C11H18ClN3O3/c1-3-4-15-11(17)10(12)9(5-13-15)14-8(6-16)7-18-2/h5,8,14,16H,3-4,6-7H2,1-2H3. The summed E-state index contributed by atoms with van der Waals surface area (Å²) in [6, 6.07) is -0.323. The molecule has 1 aromatic heterocycles. The van der Waals surface area contributed by atoms with Gasteiger partial charge in [-0.2, -0.15) is 5.10 Å². The van der Waals surface area contributed by atoms with Crippen LogP contribution in [-0.2, 0) is 11.3 Å². The van der Waals surface area contributed by atoms with Crippen molar-refractivity contribution in [2.24, 2.45) is 0 Å². The smallest absolute Gasteiger partial charge is 0.287 e. The predicted octanol–water partition coefficient (Wildman–Crippen LogP) is 0.726. The molecule has 0 aliphatic heterocycles. The number of hydrogen-bond acceptors (Lipinski definition) is 5. The first kappa shape index (κ1) is 14.9. The average Bonchev–Trinajstić information content (AvgIpc) is 2.37. The van der Waals surface area contributed by atoms with E-state index in [0.29, 0.717) is 18.8 Å². The fraction of sp³-hybridized carbons (Fsp3) is 0.636. The average molecular weight is 276 g/mol. The Morgan fingerprint density at radius 1 is 1.67 bits per heavy atom. The van der Waals surface area contributed by atoms with Gasteiger partial charge in [-0.05, 0) is 6.42 Å². The number of rotatable bonds is 7. The molecule has 1 rings (SSSR count). The molecule has 6 nitrogen and oxygen atoms in total. The molecule has 0 aliphatic carbocycles. The lowest BCUT2D eigenvalue weighted by Crippen LogP contribution is -2.31. The number of methoxy groups -OCH3 is 1. The van der Waals surface area contributed by atoms with E-state index in [9.17, 15) is 4.79 Å². The van der Waals surface area contributed by atoms with Gasteiger partial charge in [0.25, 0.3) is 5.56 Å². The van der Waals surface area contributed by atoms with Crippen LogP contribution >= 0.6 is 11.6 Å². The zero-order chi connectivity index (χ0) is 13.5. The second kappa shape index (κ2) is 7.35. The monoisotopic (exact) mass is 275 g/mol. The minimum absolute atomic E-state index is 0.0769. The zero-order valence-electron chi connectivity index (χ0n) is 10.5. The summed E-state index contributed by atoms with van der Waals surface area (Å²) < 4.78 is 6.25. The Morgan fingerprint density at radius 3 is 2.94 bits per heavy atom. The number of anilines is 1. The van der Waals surface area contributed by atoms with Gasteiger partial charge in [-0.1, -0.05) is 18.5 Å². The molecule has 0 amide bonds. The topological polar surface area (TPSA) is 76.4 Å². The van der Waals surface area contributed by atoms with Crippen molar-refractivity contribution in [3.8, 4) is 0 Å². The normalized spacial score (nSPS) is 12.4. The summed E-state index contributed by atoms with van der Waals surface area (Å²) >= 11 is 5.98. The number of aliphatic hydroxyl groups excluding tert-OH is 1. The maximum absolute atomic E-state index is 11.8. The van der Waals surface area contributed by atoms with Gasteiger partial charge in [0.1, 0.15) is 5.02 Å². The summed E-state index contributed by atoms with van der Waals surface area (Å²) in [6.07, 6.45) is 2.29. The van der Waals surface area contributed by atoms with Crippen molar-refractivity contribution >= 4 is 17.3 Å². The van der Waals surface area contributed by atoms with Crippen LogP contribution in [0.25, 0.3) is 0 Å². The minimum atomic E-state index is -0.336. The van der Waals surface area contributed by atoms with Crippen LogP contribution in [0.5, 0.6) is 0 Å². The van der Waals surface area contributed by atoms with E-state index in [0.717, 1.165) is 6.42 Å². The van der Waals surface area contributed by atoms with Crippen molar-refractivity contribution in [1.29, 1.82) is 0 Å². The van der Waals surface area contributed by atoms with E-state index in [-0.39, 0.29) is 23.2 Å². The molecule has 0 bridgehead atoms. The molecule has 1 aromatic rings. The van der Waals surface area contributed by atoms with Gasteiger partial charge in [0.2, 0.25) is 0 Å². The zero-order valence-corrected chi connectivity index (χ0v) is 11.3. The Bertz CT molecular complexity index is 436. The molecule has 1 unspecified atom stereocenters. The molecule has 0 aliphatic rings. The van der Waals surface area contributed by atoms with E-state index in [1.165, 1.54) is 18.0 Å². The molecule has 0 saturated carbocycles. The first-order chi connectivity index (χ1) is 8.63. The number of aliphatic hydroxyl groups is 1. The molecule has 1 heterocycles. The van der Waals surface area contributed by atoms with E-state index in [1.54, 1.807) is 0 Å². The summed E-state index contributed by atoms with van der Waals surface area (Å²) in [5.41, 5.74) is 0.0720. The number of ether oxygens (including phenoxy) is 1. The van der Waals surface area contributed by atoms with Crippen LogP contribution in [0.4, 0.5) is 5.69 Å². The quantitative estimate of drug-likeness (QED) is 0.767. The SMILES string of the molecule is CCCn1ncc(NC(CO)COC)c(Cl)c1=O. The molecular weight excluding hydrogens is 258 g/mol. The summed E-state index contributed by atoms with van der Waals surface area (Å²) in [4.78, 5) is 11.8. The number of hydrogen-bond donors (Lipinski definition) is 2. The third-order valence-corrected chi connectivity index (χ3v) is 2.73. The largest absolute Gasteiger partial charge is 0.394 e. The second-order valence-corrected chi connectivity index (χ2v) is 4.26. The van der Waals surface area contributed by atoms with Crippen molar-refractivity contribution in [2.45, 2.75) is 25.9 Å². The maximum atomic E-state index is 11.8. The second-order valence-electron chi connectivity index (χ2n) is 3.88. The fourth-order valence-corrected chi connectivity index (χ4v) is 1.70. The predicted molar refractivity (Wildman–Crippen MR) is 70.2 cm³/mol. The Labute approximate surface area is 111 Å². The van der Waals surface area contributed by atoms with Crippen molar-refractivity contribution in [3.05, 3.63) is 21.6 Å². The summed E-state index contributed by atoms with van der Waals surface area (Å²) in [5.74, 6) is 0. The van der Waals surface area contributed by atoms with Crippen LogP contribution in [0.15, 0.2) is 11.0 Å². The van der Waals surface area contributed by atoms with Gasteiger partial charge in [-0.15, -0.1) is 0 Å². The molecule has 0 saturated heterocycles. The fourth-order valence-electron chi connectivity index (χ4n) is 1.50. The summed E-state index contributed by atoms with van der Waals surface area (Å²) in [5, 5.41) is 16.1. The van der Waals surface area contributed by atoms with Gasteiger partial charge in [-0.3, -0.25) is 4.79 Å². The highest BCUT2D eigenvalue weighted by molar-refractivity contribution is 6.32. The molecule has 0 spiro atoms. The molecule has 0 radical (unpaired) electrons. The Morgan fingerprint density at radius 2 is 2.39 bits per heavy atom. The molecule has 2 N–H and O–H groups in total. The van der Waals surface area contributed by atoms with Crippen LogP contribution in [0, 0.1) is 0 Å². The van der Waals surface area contributed by atoms with Gasteiger partial charge >= 0.3 is 0 Å². The molecule has 1 atom stereocenters. The van der Waals surface area contributed by atoms with Crippen molar-refractivity contribution < 1.29 is 9.84 Å². The molecule has 7 heteroatoms. The molecular formula is C11H18ClN3O3. The van der Waals surface area contributed by atoms with Crippen molar-refractivity contribution in [1.82, 2.24) is 9.78 Å². The maximum Gasteiger partial charge on any atom is 0.287 e. The van der Waals surface area contributed by atoms with Gasteiger partial charge < -0.3 is 15.2 Å². The van der Waals surface area contributed by atoms with E-state index in [2.05, 4.69) is 10.4 Å². The number of aryl methyl sites for hydroxylation is 1. The molecule has 18 heavy (non-hydrogen) atoms. The Balaban J connectivity index is 2.91. The highest BCUT2D eigenvalue weighted by Gasteiger charge is 2.13. The third-order valence-electron chi connectivity index (χ3n) is 2.37. The van der Waals surface area contributed by atoms with Crippen LogP contribution in [0.1, 0.15) is 13.3 Å². The van der Waals surface area contributed by atoms with Crippen LogP contribution in [-0.4, -0.2) is 41.3 Å². The number of nitrogens with zero attached hydrogens (tertiary/aromatic N) is 2. The van der Waals surface area contributed by atoms with Gasteiger partial charge in [0, 0.05) is 13.7 Å². The van der Waals surface area contributed by atoms with Crippen LogP contribution in [0.2, 0.25) is 5.02 Å². The lowest BCUT2D eigenvalue weighted by atomic mass is 10.3. The summed E-state index contributed by atoms with van der Waals surface area (Å²) in [7, 11) is 1.53. The van der Waals surface area contributed by atoms with Gasteiger partial charge in [0.05, 0.1) is 31.1 Å². The lowest BCUT2D eigenvalue weighted by molar-refractivity contribution is 0.153. The molecule has 0 fully saturated rings. The van der Waals surface area contributed by atoms with E-state index in [4.69, 9.17) is 21.4 Å². The summed E-state index contributed by atoms with van der Waals surface area (Å²) in [6.45, 7) is 2.67. The first-order valence-corrected chi connectivity index (χ1v) is 6.13. The van der Waals surface area contributed by atoms with Crippen molar-refractivity contribution in [2.75, 3.05) is 25.6 Å². The molecule has 0 aromatic carbocycles.